The molecule has 0 aliphatic carbocycles. The maximum absolute atomic E-state index is 11.1. The molecule has 0 aromatic heterocycles. The van der Waals surface area contributed by atoms with Crippen molar-refractivity contribution >= 4 is 39.6 Å². The van der Waals surface area contributed by atoms with Gasteiger partial charge in [-0.15, -0.1) is 0 Å². The fourth-order valence-corrected chi connectivity index (χ4v) is 1.90. The van der Waals surface area contributed by atoms with Crippen LogP contribution >= 0.6 is 27.5 Å². The van der Waals surface area contributed by atoms with Gasteiger partial charge in [0.2, 0.25) is 0 Å². The van der Waals surface area contributed by atoms with E-state index in [4.69, 9.17) is 16.3 Å². The zero-order valence-corrected chi connectivity index (χ0v) is 10.9. The highest BCUT2D eigenvalue weighted by molar-refractivity contribution is 9.10. The zero-order chi connectivity index (χ0) is 12.1. The topological polar surface area (TPSA) is 46.5 Å². The number of rotatable bonds is 3. The molecule has 1 aromatic rings. The molecule has 3 nitrogen and oxygen atoms in total. The molecule has 0 heterocycles. The maximum Gasteiger partial charge on any atom is 0.330 e. The molecule has 5 heteroatoms. The summed E-state index contributed by atoms with van der Waals surface area (Å²) < 4.78 is 5.19. The molecule has 16 heavy (non-hydrogen) atoms. The van der Waals surface area contributed by atoms with Crippen LogP contribution in [0, 0.1) is 0 Å². The highest BCUT2D eigenvalue weighted by Crippen LogP contribution is 2.32. The van der Waals surface area contributed by atoms with Gasteiger partial charge in [0, 0.05) is 16.7 Å². The largest absolute Gasteiger partial charge is 0.506 e. The minimum Gasteiger partial charge on any atom is -0.506 e. The fourth-order valence-electron chi connectivity index (χ4n) is 1.06. The van der Waals surface area contributed by atoms with Crippen molar-refractivity contribution in [3.63, 3.8) is 0 Å². The van der Waals surface area contributed by atoms with Crippen LogP contribution in [0.15, 0.2) is 22.7 Å². The van der Waals surface area contributed by atoms with E-state index in [1.807, 2.05) is 0 Å². The molecule has 0 amide bonds. The minimum absolute atomic E-state index is 0.0324. The van der Waals surface area contributed by atoms with E-state index in [-0.39, 0.29) is 5.75 Å². The van der Waals surface area contributed by atoms with Crippen LogP contribution in [0.1, 0.15) is 12.5 Å². The Morgan fingerprint density at radius 2 is 2.31 bits per heavy atom. The highest BCUT2D eigenvalue weighted by Gasteiger charge is 2.05. The standard InChI is InChI=1S/C11H10BrClO3/c1-2-16-10(14)4-3-7-5-8(13)6-9(12)11(7)15/h3-6,15H,2H2,1H3. The van der Waals surface area contributed by atoms with Crippen molar-refractivity contribution < 1.29 is 14.6 Å². The first-order valence-corrected chi connectivity index (χ1v) is 5.74. The number of benzene rings is 1. The second kappa shape index (κ2) is 5.92. The van der Waals surface area contributed by atoms with E-state index in [0.717, 1.165) is 0 Å². The van der Waals surface area contributed by atoms with Gasteiger partial charge in [0.05, 0.1) is 11.1 Å². The van der Waals surface area contributed by atoms with Crippen molar-refractivity contribution in [1.29, 1.82) is 0 Å². The second-order valence-electron chi connectivity index (χ2n) is 2.91. The van der Waals surface area contributed by atoms with Crippen LogP contribution in [-0.4, -0.2) is 17.7 Å². The smallest absolute Gasteiger partial charge is 0.330 e. The lowest BCUT2D eigenvalue weighted by Gasteiger charge is -2.02. The number of carbonyl (C=O) groups is 1. The molecule has 0 aliphatic heterocycles. The van der Waals surface area contributed by atoms with Crippen molar-refractivity contribution in [1.82, 2.24) is 0 Å². The molecule has 0 fully saturated rings. The monoisotopic (exact) mass is 304 g/mol. The summed E-state index contributed by atoms with van der Waals surface area (Å²) in [5.74, 6) is -0.428. The van der Waals surface area contributed by atoms with Crippen LogP contribution in [0.25, 0.3) is 6.08 Å². The summed E-state index contributed by atoms with van der Waals surface area (Å²) in [4.78, 5) is 11.1. The van der Waals surface area contributed by atoms with E-state index in [1.165, 1.54) is 12.2 Å². The Morgan fingerprint density at radius 1 is 1.62 bits per heavy atom. The van der Waals surface area contributed by atoms with Gasteiger partial charge in [-0.1, -0.05) is 11.6 Å². The van der Waals surface area contributed by atoms with Gasteiger partial charge in [0.25, 0.3) is 0 Å². The van der Waals surface area contributed by atoms with Gasteiger partial charge < -0.3 is 9.84 Å². The first-order valence-electron chi connectivity index (χ1n) is 4.57. The quantitative estimate of drug-likeness (QED) is 0.688. The third-order valence-electron chi connectivity index (χ3n) is 1.74. The summed E-state index contributed by atoms with van der Waals surface area (Å²) >= 11 is 8.96. The van der Waals surface area contributed by atoms with Crippen molar-refractivity contribution in [2.45, 2.75) is 6.92 Å². The van der Waals surface area contributed by atoms with Gasteiger partial charge in [0.1, 0.15) is 5.75 Å². The average molecular weight is 306 g/mol. The molecule has 0 saturated carbocycles. The van der Waals surface area contributed by atoms with Crippen LogP contribution < -0.4 is 0 Å². The number of esters is 1. The molecule has 0 bridgehead atoms. The van der Waals surface area contributed by atoms with Crippen molar-refractivity contribution in [3.05, 3.63) is 33.3 Å². The molecule has 0 atom stereocenters. The first-order chi connectivity index (χ1) is 7.54. The van der Waals surface area contributed by atoms with Gasteiger partial charge in [-0.05, 0) is 41.1 Å². The zero-order valence-electron chi connectivity index (χ0n) is 8.54. The molecule has 0 radical (unpaired) electrons. The molecule has 86 valence electrons. The fraction of sp³-hybridized carbons (Fsp3) is 0.182. The first kappa shape index (κ1) is 13.1. The van der Waals surface area contributed by atoms with E-state index in [2.05, 4.69) is 15.9 Å². The van der Waals surface area contributed by atoms with Crippen LogP contribution in [0.3, 0.4) is 0 Å². The Hall–Kier alpha value is -1.00. The van der Waals surface area contributed by atoms with Crippen LogP contribution in [0.5, 0.6) is 5.75 Å². The van der Waals surface area contributed by atoms with E-state index < -0.39 is 5.97 Å². The summed E-state index contributed by atoms with van der Waals surface area (Å²) in [6.07, 6.45) is 2.69. The lowest BCUT2D eigenvalue weighted by molar-refractivity contribution is -0.137. The number of phenols is 1. The molecule has 0 spiro atoms. The lowest BCUT2D eigenvalue weighted by Crippen LogP contribution is -1.98. The molecule has 0 saturated heterocycles. The van der Waals surface area contributed by atoms with Crippen molar-refractivity contribution in [2.24, 2.45) is 0 Å². The summed E-state index contributed by atoms with van der Waals surface area (Å²) in [5.41, 5.74) is 0.451. The van der Waals surface area contributed by atoms with Gasteiger partial charge in [-0.3, -0.25) is 0 Å². The summed E-state index contributed by atoms with van der Waals surface area (Å²) in [5, 5.41) is 10.1. The summed E-state index contributed by atoms with van der Waals surface area (Å²) in [7, 11) is 0. The van der Waals surface area contributed by atoms with Crippen LogP contribution in [-0.2, 0) is 9.53 Å². The Labute approximate surface area is 107 Å². The number of aromatic hydroxyl groups is 1. The van der Waals surface area contributed by atoms with E-state index in [9.17, 15) is 9.90 Å². The molecular weight excluding hydrogens is 295 g/mol. The van der Waals surface area contributed by atoms with Gasteiger partial charge in [-0.2, -0.15) is 0 Å². The van der Waals surface area contributed by atoms with Crippen molar-refractivity contribution in [3.8, 4) is 5.75 Å². The van der Waals surface area contributed by atoms with E-state index >= 15 is 0 Å². The molecule has 1 N–H and O–H groups in total. The third-order valence-corrected chi connectivity index (χ3v) is 2.57. The highest BCUT2D eigenvalue weighted by atomic mass is 79.9. The van der Waals surface area contributed by atoms with Gasteiger partial charge in [0.15, 0.2) is 0 Å². The number of ether oxygens (including phenoxy) is 1. The normalized spacial score (nSPS) is 10.7. The third kappa shape index (κ3) is 3.54. The molecular formula is C11H10BrClO3. The number of phenolic OH excluding ortho intramolecular Hbond substituents is 1. The molecule has 1 rings (SSSR count). The predicted molar refractivity (Wildman–Crippen MR) is 66.5 cm³/mol. The number of halogens is 2. The SMILES string of the molecule is CCOC(=O)C=Cc1cc(Cl)cc(Br)c1O. The number of hydrogen-bond donors (Lipinski definition) is 1. The second-order valence-corrected chi connectivity index (χ2v) is 4.20. The maximum atomic E-state index is 11.1. The Bertz CT molecular complexity index is 429. The van der Waals surface area contributed by atoms with E-state index in [0.29, 0.717) is 21.7 Å². The summed E-state index contributed by atoms with van der Waals surface area (Å²) in [6, 6.07) is 3.12. The van der Waals surface area contributed by atoms with Gasteiger partial charge in [-0.25, -0.2) is 4.79 Å². The molecule has 1 aromatic carbocycles. The Morgan fingerprint density at radius 3 is 2.94 bits per heavy atom. The minimum atomic E-state index is -0.460. The van der Waals surface area contributed by atoms with Crippen LogP contribution in [0.4, 0.5) is 0 Å². The lowest BCUT2D eigenvalue weighted by atomic mass is 10.2. The number of carbonyl (C=O) groups excluding carboxylic acids is 1. The summed E-state index contributed by atoms with van der Waals surface area (Å²) in [6.45, 7) is 2.04. The van der Waals surface area contributed by atoms with Gasteiger partial charge >= 0.3 is 5.97 Å². The Kier molecular flexibility index (Phi) is 4.83. The predicted octanol–water partition coefficient (Wildman–Crippen LogP) is 3.38. The number of hydrogen-bond acceptors (Lipinski definition) is 3. The molecule has 0 aliphatic rings. The average Bonchev–Trinajstić information content (AvgIpc) is 2.21. The van der Waals surface area contributed by atoms with Crippen LogP contribution in [0.2, 0.25) is 5.02 Å². The van der Waals surface area contributed by atoms with E-state index in [1.54, 1.807) is 19.1 Å². The van der Waals surface area contributed by atoms with Crippen molar-refractivity contribution in [2.75, 3.05) is 6.61 Å². The Balaban J connectivity index is 2.93. The molecule has 0 unspecified atom stereocenters.